The van der Waals surface area contributed by atoms with E-state index in [1.807, 2.05) is 25.7 Å². The van der Waals surface area contributed by atoms with Gasteiger partial charge in [0, 0.05) is 18.5 Å². The quantitative estimate of drug-likeness (QED) is 0.719. The van der Waals surface area contributed by atoms with Crippen LogP contribution in [0.2, 0.25) is 0 Å². The highest BCUT2D eigenvalue weighted by Crippen LogP contribution is 2.33. The molecule has 2 unspecified atom stereocenters. The molecule has 2 bridgehead atoms. The molecule has 0 spiro atoms. The van der Waals surface area contributed by atoms with E-state index in [1.54, 1.807) is 0 Å². The number of piperidine rings is 2. The minimum absolute atomic E-state index is 0.00534. The van der Waals surface area contributed by atoms with Gasteiger partial charge in [0.15, 0.2) is 12.0 Å². The zero-order valence-corrected chi connectivity index (χ0v) is 11.8. The molecule has 2 fully saturated rings. The number of Topliss-reactive ketones (excluding diaryl/α,β-unsaturated/α-hetero) is 1. The number of fused-ring (bicyclic) bond motifs is 2. The van der Waals surface area contributed by atoms with Crippen LogP contribution in [0, 0.1) is 0 Å². The molecule has 0 radical (unpaired) electrons. The molecule has 2 heterocycles. The molecule has 0 N–H and O–H groups in total. The molecule has 0 aromatic heterocycles. The Morgan fingerprint density at radius 1 is 1.42 bits per heavy atom. The molecule has 2 aliphatic rings. The van der Waals surface area contributed by atoms with E-state index in [1.165, 1.54) is 0 Å². The fourth-order valence-electron chi connectivity index (χ4n) is 3.03. The van der Waals surface area contributed by atoms with Gasteiger partial charge in [-0.15, -0.1) is 0 Å². The molecule has 4 nitrogen and oxygen atoms in total. The lowest BCUT2D eigenvalue weighted by molar-refractivity contribution is -0.161. The minimum atomic E-state index is -1.45. The fourth-order valence-corrected chi connectivity index (χ4v) is 3.03. The molecule has 0 aromatic carbocycles. The largest absolute Gasteiger partial charge is 0.459 e. The molecular formula is C14H22FNO3. The van der Waals surface area contributed by atoms with Gasteiger partial charge in [0.2, 0.25) is 0 Å². The Hall–Kier alpha value is -0.970. The van der Waals surface area contributed by atoms with Crippen molar-refractivity contribution in [2.75, 3.05) is 6.54 Å². The Bertz CT molecular complexity index is 377. The fraction of sp³-hybridized carbons (Fsp3) is 0.857. The lowest BCUT2D eigenvalue weighted by Gasteiger charge is -2.46. The van der Waals surface area contributed by atoms with Gasteiger partial charge in [-0.2, -0.15) is 0 Å². The minimum Gasteiger partial charge on any atom is -0.459 e. The van der Waals surface area contributed by atoms with Crippen LogP contribution in [-0.4, -0.2) is 47.1 Å². The van der Waals surface area contributed by atoms with E-state index < -0.39 is 17.8 Å². The number of ketones is 1. The first-order valence-corrected chi connectivity index (χ1v) is 6.92. The van der Waals surface area contributed by atoms with E-state index in [4.69, 9.17) is 4.74 Å². The van der Waals surface area contributed by atoms with Crippen LogP contribution in [0.5, 0.6) is 0 Å². The molecule has 19 heavy (non-hydrogen) atoms. The molecule has 2 rings (SSSR count). The van der Waals surface area contributed by atoms with Crippen molar-refractivity contribution in [1.29, 1.82) is 0 Å². The first-order chi connectivity index (χ1) is 8.78. The molecule has 0 saturated carbocycles. The van der Waals surface area contributed by atoms with Gasteiger partial charge in [0.1, 0.15) is 5.60 Å². The van der Waals surface area contributed by atoms with Crippen LogP contribution in [0.1, 0.15) is 46.5 Å². The summed E-state index contributed by atoms with van der Waals surface area (Å²) in [7, 11) is 0. The SMILES string of the molecule is CC(C)(C)OC(=O)CN1C2CCCC1[C@@H](F)C(=O)C2. The lowest BCUT2D eigenvalue weighted by Crippen LogP contribution is -2.59. The van der Waals surface area contributed by atoms with E-state index in [0.717, 1.165) is 12.8 Å². The maximum Gasteiger partial charge on any atom is 0.320 e. The monoisotopic (exact) mass is 271 g/mol. The van der Waals surface area contributed by atoms with Gasteiger partial charge in [-0.1, -0.05) is 6.42 Å². The molecule has 0 aromatic rings. The van der Waals surface area contributed by atoms with Crippen LogP contribution in [0.3, 0.4) is 0 Å². The first-order valence-electron chi connectivity index (χ1n) is 6.92. The van der Waals surface area contributed by atoms with Crippen molar-refractivity contribution in [2.45, 2.75) is 70.3 Å². The van der Waals surface area contributed by atoms with E-state index in [0.29, 0.717) is 6.42 Å². The molecule has 2 aliphatic heterocycles. The van der Waals surface area contributed by atoms with Gasteiger partial charge in [0.05, 0.1) is 6.54 Å². The smallest absolute Gasteiger partial charge is 0.320 e. The number of carbonyl (C=O) groups excluding carboxylic acids is 2. The predicted octanol–water partition coefficient (Wildman–Crippen LogP) is 1.86. The number of halogens is 1. The van der Waals surface area contributed by atoms with Crippen LogP contribution < -0.4 is 0 Å². The summed E-state index contributed by atoms with van der Waals surface area (Å²) in [5, 5.41) is 0. The third-order valence-electron chi connectivity index (χ3n) is 3.75. The highest BCUT2D eigenvalue weighted by molar-refractivity contribution is 5.85. The molecule has 3 atom stereocenters. The van der Waals surface area contributed by atoms with Crippen molar-refractivity contribution in [3.8, 4) is 0 Å². The molecule has 2 saturated heterocycles. The second-order valence-electron chi connectivity index (χ2n) is 6.48. The summed E-state index contributed by atoms with van der Waals surface area (Å²) in [5.74, 6) is -0.652. The van der Waals surface area contributed by atoms with Crippen LogP contribution in [0.4, 0.5) is 4.39 Å². The number of nitrogens with zero attached hydrogens (tertiary/aromatic N) is 1. The average Bonchev–Trinajstić information content (AvgIpc) is 2.25. The summed E-state index contributed by atoms with van der Waals surface area (Å²) in [6.45, 7) is 5.51. The standard InChI is InChI=1S/C14H22FNO3/c1-14(2,3)19-12(18)8-16-9-5-4-6-10(16)13(15)11(17)7-9/h9-10,13H,4-8H2,1-3H3/t9?,10?,13-/m1/s1. The van der Waals surface area contributed by atoms with Gasteiger partial charge in [-0.3, -0.25) is 14.5 Å². The summed E-state index contributed by atoms with van der Waals surface area (Å²) < 4.78 is 19.2. The number of carbonyl (C=O) groups is 2. The number of hydrogen-bond donors (Lipinski definition) is 0. The van der Waals surface area contributed by atoms with Crippen LogP contribution >= 0.6 is 0 Å². The third-order valence-corrected chi connectivity index (χ3v) is 3.75. The van der Waals surface area contributed by atoms with Gasteiger partial charge < -0.3 is 4.74 Å². The highest BCUT2D eigenvalue weighted by atomic mass is 19.1. The number of esters is 1. The normalized spacial score (nSPS) is 32.2. The number of hydrogen-bond acceptors (Lipinski definition) is 4. The second kappa shape index (κ2) is 5.19. The van der Waals surface area contributed by atoms with E-state index >= 15 is 0 Å². The van der Waals surface area contributed by atoms with Crippen molar-refractivity contribution >= 4 is 11.8 Å². The van der Waals surface area contributed by atoms with E-state index in [-0.39, 0.29) is 30.8 Å². The zero-order chi connectivity index (χ0) is 14.2. The Kier molecular flexibility index (Phi) is 3.95. The zero-order valence-electron chi connectivity index (χ0n) is 11.8. The van der Waals surface area contributed by atoms with Crippen LogP contribution in [0.15, 0.2) is 0 Å². The van der Waals surface area contributed by atoms with Gasteiger partial charge in [-0.25, -0.2) is 4.39 Å². The summed E-state index contributed by atoms with van der Waals surface area (Å²) in [6, 6.07) is -0.432. The number of alkyl halides is 1. The average molecular weight is 271 g/mol. The molecule has 5 heteroatoms. The van der Waals surface area contributed by atoms with Crippen LogP contribution in [0.25, 0.3) is 0 Å². The number of ether oxygens (including phenoxy) is 1. The van der Waals surface area contributed by atoms with Crippen molar-refractivity contribution in [2.24, 2.45) is 0 Å². The van der Waals surface area contributed by atoms with Gasteiger partial charge in [0.25, 0.3) is 0 Å². The summed E-state index contributed by atoms with van der Waals surface area (Å²) in [5.41, 5.74) is -0.535. The Morgan fingerprint density at radius 2 is 2.11 bits per heavy atom. The molecular weight excluding hydrogens is 249 g/mol. The highest BCUT2D eigenvalue weighted by Gasteiger charge is 2.45. The Labute approximate surface area is 113 Å². The Balaban J connectivity index is 2.03. The van der Waals surface area contributed by atoms with Crippen molar-refractivity contribution in [1.82, 2.24) is 4.90 Å². The molecule has 0 amide bonds. The summed E-state index contributed by atoms with van der Waals surface area (Å²) in [4.78, 5) is 25.3. The van der Waals surface area contributed by atoms with E-state index in [9.17, 15) is 14.0 Å². The predicted molar refractivity (Wildman–Crippen MR) is 68.5 cm³/mol. The summed E-state index contributed by atoms with van der Waals surface area (Å²) >= 11 is 0. The first kappa shape index (κ1) is 14.4. The van der Waals surface area contributed by atoms with E-state index in [2.05, 4.69) is 0 Å². The maximum atomic E-state index is 13.9. The lowest BCUT2D eigenvalue weighted by atomic mass is 9.82. The van der Waals surface area contributed by atoms with Gasteiger partial charge in [-0.05, 0) is 33.6 Å². The van der Waals surface area contributed by atoms with Gasteiger partial charge >= 0.3 is 5.97 Å². The number of rotatable bonds is 2. The summed E-state index contributed by atoms with van der Waals surface area (Å²) in [6.07, 6.45) is 1.21. The third kappa shape index (κ3) is 3.32. The topological polar surface area (TPSA) is 46.6 Å². The van der Waals surface area contributed by atoms with Crippen LogP contribution in [-0.2, 0) is 14.3 Å². The molecule has 108 valence electrons. The maximum absolute atomic E-state index is 13.9. The van der Waals surface area contributed by atoms with Crippen molar-refractivity contribution < 1.29 is 18.7 Å². The molecule has 0 aliphatic carbocycles. The van der Waals surface area contributed by atoms with Crippen molar-refractivity contribution in [3.05, 3.63) is 0 Å². The van der Waals surface area contributed by atoms with Crippen molar-refractivity contribution in [3.63, 3.8) is 0 Å². The Morgan fingerprint density at radius 3 is 2.74 bits per heavy atom. The second-order valence-corrected chi connectivity index (χ2v) is 6.48.